The average molecular weight is 270 g/mol. The van der Waals surface area contributed by atoms with Crippen LogP contribution < -0.4 is 16.0 Å². The summed E-state index contributed by atoms with van der Waals surface area (Å²) in [7, 11) is 0. The van der Waals surface area contributed by atoms with E-state index in [-0.39, 0.29) is 36.8 Å². The molecule has 0 saturated carbocycles. The monoisotopic (exact) mass is 269 g/mol. The number of nitrogens with one attached hydrogen (secondary N) is 3. The smallest absolute Gasteiger partial charge is 0.251 e. The Labute approximate surface area is 112 Å². The molecule has 0 radical (unpaired) electrons. The first-order chi connectivity index (χ1) is 8.25. The molecule has 1 heterocycles. The Morgan fingerprint density at radius 3 is 2.44 bits per heavy atom. The zero-order valence-corrected chi connectivity index (χ0v) is 10.6. The Balaban J connectivity index is 0.00000162. The minimum atomic E-state index is -0.229. The van der Waals surface area contributed by atoms with Gasteiger partial charge in [-0.25, -0.2) is 0 Å². The van der Waals surface area contributed by atoms with E-state index in [1.54, 1.807) is 24.3 Å². The van der Waals surface area contributed by atoms with Crippen LogP contribution in [-0.4, -0.2) is 37.5 Å². The molecule has 0 bridgehead atoms. The lowest BCUT2D eigenvalue weighted by Crippen LogP contribution is -2.58. The molecule has 0 aliphatic carbocycles. The molecule has 1 aromatic carbocycles. The van der Waals surface area contributed by atoms with Gasteiger partial charge >= 0.3 is 0 Å². The highest BCUT2D eigenvalue weighted by Crippen LogP contribution is 1.97. The van der Waals surface area contributed by atoms with Crippen LogP contribution in [0.3, 0.4) is 0 Å². The fourth-order valence-corrected chi connectivity index (χ4v) is 1.52. The van der Waals surface area contributed by atoms with Gasteiger partial charge in [-0.3, -0.25) is 9.59 Å². The Bertz CT molecular complexity index is 407. The molecule has 5 nitrogen and oxygen atoms in total. The van der Waals surface area contributed by atoms with Crippen LogP contribution in [0.4, 0.5) is 0 Å². The van der Waals surface area contributed by atoms with Gasteiger partial charge in [0.05, 0.1) is 12.6 Å². The van der Waals surface area contributed by atoms with Crippen LogP contribution in [0, 0.1) is 0 Å². The van der Waals surface area contributed by atoms with Gasteiger partial charge in [-0.15, -0.1) is 12.4 Å². The van der Waals surface area contributed by atoms with Crippen molar-refractivity contribution in [3.63, 3.8) is 0 Å². The summed E-state index contributed by atoms with van der Waals surface area (Å²) in [6.45, 7) is 1.63. The van der Waals surface area contributed by atoms with Crippen molar-refractivity contribution in [1.82, 2.24) is 16.0 Å². The standard InChI is InChI=1S/C12H15N3O2.ClH/c16-11(15-10-6-13-7-10)8-14-12(17)9-4-2-1-3-5-9;/h1-5,10,13H,6-8H2,(H,14,17)(H,15,16);1H. The second kappa shape index (κ2) is 6.98. The van der Waals surface area contributed by atoms with Gasteiger partial charge in [0.2, 0.25) is 5.91 Å². The van der Waals surface area contributed by atoms with Crippen molar-refractivity contribution in [3.05, 3.63) is 35.9 Å². The van der Waals surface area contributed by atoms with Crippen molar-refractivity contribution in [2.24, 2.45) is 0 Å². The third kappa shape index (κ3) is 4.01. The first-order valence-electron chi connectivity index (χ1n) is 5.59. The number of rotatable bonds is 4. The van der Waals surface area contributed by atoms with Crippen LogP contribution in [0.25, 0.3) is 0 Å². The van der Waals surface area contributed by atoms with Crippen LogP contribution in [0.1, 0.15) is 10.4 Å². The van der Waals surface area contributed by atoms with Gasteiger partial charge in [0.15, 0.2) is 0 Å². The quantitative estimate of drug-likeness (QED) is 0.716. The highest BCUT2D eigenvalue weighted by Gasteiger charge is 2.18. The van der Waals surface area contributed by atoms with Crippen molar-refractivity contribution in [2.45, 2.75) is 6.04 Å². The maximum Gasteiger partial charge on any atom is 0.251 e. The minimum absolute atomic E-state index is 0. The lowest BCUT2D eigenvalue weighted by Gasteiger charge is -2.27. The van der Waals surface area contributed by atoms with Gasteiger partial charge < -0.3 is 16.0 Å². The van der Waals surface area contributed by atoms with Crippen LogP contribution in [-0.2, 0) is 4.79 Å². The first-order valence-corrected chi connectivity index (χ1v) is 5.59. The van der Waals surface area contributed by atoms with Crippen LogP contribution in [0.15, 0.2) is 30.3 Å². The fraction of sp³-hybridized carbons (Fsp3) is 0.333. The summed E-state index contributed by atoms with van der Waals surface area (Å²) in [5.41, 5.74) is 0.561. The number of carbonyl (C=O) groups is 2. The Kier molecular flexibility index (Phi) is 5.61. The van der Waals surface area contributed by atoms with E-state index in [9.17, 15) is 9.59 Å². The lowest BCUT2D eigenvalue weighted by atomic mass is 10.2. The van der Waals surface area contributed by atoms with Crippen molar-refractivity contribution < 1.29 is 9.59 Å². The number of hydrogen-bond donors (Lipinski definition) is 3. The summed E-state index contributed by atoms with van der Waals surface area (Å²) >= 11 is 0. The van der Waals surface area contributed by atoms with E-state index in [4.69, 9.17) is 0 Å². The topological polar surface area (TPSA) is 70.2 Å². The molecule has 98 valence electrons. The molecule has 1 fully saturated rings. The van der Waals surface area contributed by atoms with Crippen molar-refractivity contribution in [1.29, 1.82) is 0 Å². The molecule has 1 saturated heterocycles. The van der Waals surface area contributed by atoms with Crippen molar-refractivity contribution >= 4 is 24.2 Å². The first kappa shape index (κ1) is 14.5. The van der Waals surface area contributed by atoms with Gasteiger partial charge in [0.25, 0.3) is 5.91 Å². The molecule has 6 heteroatoms. The van der Waals surface area contributed by atoms with Crippen molar-refractivity contribution in [3.8, 4) is 0 Å². The molecule has 2 amide bonds. The second-order valence-corrected chi connectivity index (χ2v) is 3.97. The fourth-order valence-electron chi connectivity index (χ4n) is 1.52. The van der Waals surface area contributed by atoms with Crippen molar-refractivity contribution in [2.75, 3.05) is 19.6 Å². The maximum atomic E-state index is 11.6. The lowest BCUT2D eigenvalue weighted by molar-refractivity contribution is -0.121. The summed E-state index contributed by atoms with van der Waals surface area (Å²) in [5.74, 6) is -0.381. The summed E-state index contributed by atoms with van der Waals surface area (Å²) in [6.07, 6.45) is 0. The Morgan fingerprint density at radius 1 is 1.22 bits per heavy atom. The van der Waals surface area contributed by atoms with E-state index in [0.717, 1.165) is 13.1 Å². The molecule has 1 aliphatic heterocycles. The van der Waals surface area contributed by atoms with E-state index in [2.05, 4.69) is 16.0 Å². The molecular weight excluding hydrogens is 254 g/mol. The van der Waals surface area contributed by atoms with Crippen LogP contribution in [0.5, 0.6) is 0 Å². The molecule has 1 aromatic rings. The largest absolute Gasteiger partial charge is 0.349 e. The third-order valence-electron chi connectivity index (χ3n) is 2.59. The minimum Gasteiger partial charge on any atom is -0.349 e. The molecule has 0 aromatic heterocycles. The van der Waals surface area contributed by atoms with Gasteiger partial charge in [0, 0.05) is 18.7 Å². The third-order valence-corrected chi connectivity index (χ3v) is 2.59. The summed E-state index contributed by atoms with van der Waals surface area (Å²) < 4.78 is 0. The number of benzene rings is 1. The normalized spacial score (nSPS) is 14.0. The number of halogens is 1. The summed E-state index contributed by atoms with van der Waals surface area (Å²) in [6, 6.07) is 9.04. The van der Waals surface area contributed by atoms with E-state index in [1.807, 2.05) is 6.07 Å². The average Bonchev–Trinajstić information content (AvgIpc) is 2.32. The van der Waals surface area contributed by atoms with Gasteiger partial charge in [0.1, 0.15) is 0 Å². The number of amides is 2. The maximum absolute atomic E-state index is 11.6. The van der Waals surface area contributed by atoms with E-state index < -0.39 is 0 Å². The van der Waals surface area contributed by atoms with Gasteiger partial charge in [-0.2, -0.15) is 0 Å². The van der Waals surface area contributed by atoms with E-state index in [0.29, 0.717) is 5.56 Å². The summed E-state index contributed by atoms with van der Waals surface area (Å²) in [5, 5.41) is 8.44. The molecule has 3 N–H and O–H groups in total. The number of carbonyl (C=O) groups excluding carboxylic acids is 2. The SMILES string of the molecule is Cl.O=C(CNC(=O)c1ccccc1)NC1CNC1. The van der Waals surface area contributed by atoms with Gasteiger partial charge in [-0.05, 0) is 12.1 Å². The van der Waals surface area contributed by atoms with E-state index >= 15 is 0 Å². The highest BCUT2D eigenvalue weighted by atomic mass is 35.5. The number of hydrogen-bond acceptors (Lipinski definition) is 3. The molecule has 2 rings (SSSR count). The van der Waals surface area contributed by atoms with Gasteiger partial charge in [-0.1, -0.05) is 18.2 Å². The summed E-state index contributed by atoms with van der Waals surface area (Å²) in [4.78, 5) is 23.0. The molecule has 18 heavy (non-hydrogen) atoms. The van der Waals surface area contributed by atoms with Crippen LogP contribution in [0.2, 0.25) is 0 Å². The molecular formula is C12H16ClN3O2. The zero-order chi connectivity index (χ0) is 12.1. The van der Waals surface area contributed by atoms with E-state index in [1.165, 1.54) is 0 Å². The Morgan fingerprint density at radius 2 is 1.89 bits per heavy atom. The molecule has 1 aliphatic rings. The predicted molar refractivity (Wildman–Crippen MR) is 70.8 cm³/mol. The zero-order valence-electron chi connectivity index (χ0n) is 9.81. The molecule has 0 unspecified atom stereocenters. The van der Waals surface area contributed by atoms with Crippen LogP contribution >= 0.6 is 12.4 Å². The Hall–Kier alpha value is -1.59. The highest BCUT2D eigenvalue weighted by molar-refractivity contribution is 5.96. The second-order valence-electron chi connectivity index (χ2n) is 3.97. The molecule has 0 atom stereocenters. The predicted octanol–water partition coefficient (Wildman–Crippen LogP) is -0.0738. The molecule has 0 spiro atoms.